The highest BCUT2D eigenvalue weighted by atomic mass is 16.7. The van der Waals surface area contributed by atoms with Crippen LogP contribution in [0, 0.1) is 0 Å². The van der Waals surface area contributed by atoms with Gasteiger partial charge in [-0.1, -0.05) is 60.7 Å². The van der Waals surface area contributed by atoms with Gasteiger partial charge in [-0.3, -0.25) is 14.4 Å². The molecule has 0 atom stereocenters. The van der Waals surface area contributed by atoms with Gasteiger partial charge in [-0.05, 0) is 11.1 Å². The van der Waals surface area contributed by atoms with Crippen LogP contribution < -0.4 is 0 Å². The Bertz CT molecular complexity index is 700. The Morgan fingerprint density at radius 1 is 0.875 bits per heavy atom. The van der Waals surface area contributed by atoms with E-state index in [4.69, 9.17) is 9.94 Å². The lowest BCUT2D eigenvalue weighted by atomic mass is 10.2. The number of carboxylic acids is 1. The molecular formula is C18H17NO5. The quantitative estimate of drug-likeness (QED) is 0.456. The highest BCUT2D eigenvalue weighted by molar-refractivity contribution is 6.36. The van der Waals surface area contributed by atoms with Gasteiger partial charge in [-0.15, -0.1) is 0 Å². The van der Waals surface area contributed by atoms with Crippen molar-refractivity contribution < 1.29 is 24.3 Å². The maximum absolute atomic E-state index is 12.2. The fraction of sp³-hybridized carbons (Fsp3) is 0.167. The molecule has 0 fully saturated rings. The molecule has 2 rings (SSSR count). The lowest BCUT2D eigenvalue weighted by Crippen LogP contribution is -2.33. The zero-order chi connectivity index (χ0) is 17.4. The normalized spacial score (nSPS) is 10.2. The Kier molecular flexibility index (Phi) is 6.22. The summed E-state index contributed by atoms with van der Waals surface area (Å²) < 4.78 is 0. The van der Waals surface area contributed by atoms with Gasteiger partial charge < -0.3 is 5.11 Å². The Hall–Kier alpha value is -2.99. The van der Waals surface area contributed by atoms with E-state index >= 15 is 0 Å². The summed E-state index contributed by atoms with van der Waals surface area (Å²) in [5, 5.41) is 9.68. The molecule has 0 aliphatic heterocycles. The molecule has 1 amide bonds. The van der Waals surface area contributed by atoms with Crippen LogP contribution >= 0.6 is 0 Å². The highest BCUT2D eigenvalue weighted by Crippen LogP contribution is 2.10. The minimum Gasteiger partial charge on any atom is -0.475 e. The minimum atomic E-state index is -1.63. The fourth-order valence-corrected chi connectivity index (χ4v) is 1.98. The maximum atomic E-state index is 12.2. The van der Waals surface area contributed by atoms with Crippen LogP contribution in [0.15, 0.2) is 60.7 Å². The molecule has 6 nitrogen and oxygen atoms in total. The van der Waals surface area contributed by atoms with Gasteiger partial charge in [-0.2, -0.15) is 0 Å². The third-order valence-electron chi connectivity index (χ3n) is 3.23. The molecule has 0 radical (unpaired) electrons. The molecule has 24 heavy (non-hydrogen) atoms. The van der Waals surface area contributed by atoms with Crippen molar-refractivity contribution >= 4 is 17.7 Å². The first kappa shape index (κ1) is 17.4. The van der Waals surface area contributed by atoms with Gasteiger partial charge in [-0.25, -0.2) is 9.86 Å². The summed E-state index contributed by atoms with van der Waals surface area (Å²) >= 11 is 0. The summed E-state index contributed by atoms with van der Waals surface area (Å²) in [5.41, 5.74) is 1.66. The summed E-state index contributed by atoms with van der Waals surface area (Å²) in [5.74, 6) is -3.49. The maximum Gasteiger partial charge on any atom is 0.372 e. The first-order valence-corrected chi connectivity index (χ1v) is 7.33. The van der Waals surface area contributed by atoms with Gasteiger partial charge in [0.25, 0.3) is 5.91 Å². The average molecular weight is 327 g/mol. The molecule has 0 aliphatic carbocycles. The van der Waals surface area contributed by atoms with Crippen molar-refractivity contribution in [3.05, 3.63) is 71.8 Å². The molecular weight excluding hydrogens is 310 g/mol. The second-order valence-electron chi connectivity index (χ2n) is 5.08. The summed E-state index contributed by atoms with van der Waals surface area (Å²) in [6, 6.07) is 18.3. The van der Waals surface area contributed by atoms with Crippen LogP contribution in [0.3, 0.4) is 0 Å². The third kappa shape index (κ3) is 5.33. The predicted molar refractivity (Wildman–Crippen MR) is 85.5 cm³/mol. The van der Waals surface area contributed by atoms with Gasteiger partial charge in [0.2, 0.25) is 5.78 Å². The highest BCUT2D eigenvalue weighted by Gasteiger charge is 2.22. The number of hydrogen-bond acceptors (Lipinski definition) is 4. The molecule has 0 aromatic heterocycles. The summed E-state index contributed by atoms with van der Waals surface area (Å²) in [6.45, 7) is 0.264. The molecule has 0 spiro atoms. The van der Waals surface area contributed by atoms with Gasteiger partial charge in [0.1, 0.15) is 6.61 Å². The van der Waals surface area contributed by atoms with Crippen LogP contribution in [0.2, 0.25) is 0 Å². The van der Waals surface area contributed by atoms with E-state index in [1.54, 1.807) is 0 Å². The van der Waals surface area contributed by atoms with Crippen LogP contribution in [0.1, 0.15) is 17.5 Å². The van der Waals surface area contributed by atoms with Crippen LogP contribution in [-0.4, -0.2) is 27.8 Å². The lowest BCUT2D eigenvalue weighted by molar-refractivity contribution is -0.196. The molecule has 2 aromatic rings. The predicted octanol–water partition coefficient (Wildman–Crippen LogP) is 2.19. The Morgan fingerprint density at radius 2 is 1.42 bits per heavy atom. The van der Waals surface area contributed by atoms with E-state index in [-0.39, 0.29) is 13.2 Å². The van der Waals surface area contributed by atoms with E-state index in [1.165, 1.54) is 0 Å². The largest absolute Gasteiger partial charge is 0.475 e. The number of hydroxylamine groups is 2. The smallest absolute Gasteiger partial charge is 0.372 e. The van der Waals surface area contributed by atoms with Crippen molar-refractivity contribution in [2.45, 2.75) is 19.6 Å². The number of hydrogen-bond donors (Lipinski definition) is 1. The van der Waals surface area contributed by atoms with Crippen molar-refractivity contribution in [3.8, 4) is 0 Å². The number of carboxylic acid groups (broad SMARTS) is 1. The Balaban J connectivity index is 2.06. The number of rotatable bonds is 8. The fourth-order valence-electron chi connectivity index (χ4n) is 1.98. The lowest BCUT2D eigenvalue weighted by Gasteiger charge is -2.21. The van der Waals surface area contributed by atoms with Crippen molar-refractivity contribution in [1.82, 2.24) is 5.06 Å². The van der Waals surface area contributed by atoms with E-state index < -0.39 is 24.1 Å². The Morgan fingerprint density at radius 3 is 1.96 bits per heavy atom. The molecule has 0 heterocycles. The first-order chi connectivity index (χ1) is 11.6. The van der Waals surface area contributed by atoms with Crippen molar-refractivity contribution in [2.75, 3.05) is 0 Å². The van der Waals surface area contributed by atoms with Crippen molar-refractivity contribution in [1.29, 1.82) is 0 Å². The molecule has 0 bridgehead atoms. The number of carbonyl (C=O) groups excluding carboxylic acids is 2. The Labute approximate surface area is 139 Å². The van der Waals surface area contributed by atoms with Crippen LogP contribution in [0.25, 0.3) is 0 Å². The molecule has 6 heteroatoms. The second kappa shape index (κ2) is 8.59. The van der Waals surface area contributed by atoms with E-state index in [0.717, 1.165) is 16.2 Å². The summed E-state index contributed by atoms with van der Waals surface area (Å²) in [6.07, 6.45) is -0.739. The average Bonchev–Trinajstić information content (AvgIpc) is 2.60. The van der Waals surface area contributed by atoms with Crippen LogP contribution in [-0.2, 0) is 32.4 Å². The first-order valence-electron chi connectivity index (χ1n) is 7.33. The van der Waals surface area contributed by atoms with Crippen LogP contribution in [0.4, 0.5) is 0 Å². The zero-order valence-corrected chi connectivity index (χ0v) is 12.9. The standard InChI is InChI=1S/C18H17NO5/c20-16(18(22)23)11-17(21)19(12-14-7-3-1-4-8-14)24-13-15-9-5-2-6-10-15/h1-10H,11-13H2,(H,22,23). The number of aliphatic carboxylic acids is 1. The number of ketones is 1. The molecule has 0 aliphatic rings. The van der Waals surface area contributed by atoms with E-state index in [9.17, 15) is 14.4 Å². The molecule has 1 N–H and O–H groups in total. The van der Waals surface area contributed by atoms with Gasteiger partial charge in [0.15, 0.2) is 0 Å². The number of nitrogens with zero attached hydrogens (tertiary/aromatic N) is 1. The molecule has 0 unspecified atom stereocenters. The second-order valence-corrected chi connectivity index (χ2v) is 5.08. The molecule has 0 saturated carbocycles. The molecule has 2 aromatic carbocycles. The minimum absolute atomic E-state index is 0.124. The van der Waals surface area contributed by atoms with Crippen LogP contribution in [0.5, 0.6) is 0 Å². The number of Topliss-reactive ketones (excluding diaryl/α,β-unsaturated/α-hetero) is 1. The van der Waals surface area contributed by atoms with Gasteiger partial charge in [0, 0.05) is 0 Å². The van der Waals surface area contributed by atoms with Crippen molar-refractivity contribution in [2.24, 2.45) is 0 Å². The van der Waals surface area contributed by atoms with E-state index in [1.807, 2.05) is 60.7 Å². The summed E-state index contributed by atoms with van der Waals surface area (Å²) in [7, 11) is 0. The number of benzene rings is 2. The number of carbonyl (C=O) groups is 3. The van der Waals surface area contributed by atoms with Gasteiger partial charge >= 0.3 is 5.97 Å². The van der Waals surface area contributed by atoms with Crippen molar-refractivity contribution in [3.63, 3.8) is 0 Å². The third-order valence-corrected chi connectivity index (χ3v) is 3.23. The molecule has 0 saturated heterocycles. The zero-order valence-electron chi connectivity index (χ0n) is 12.9. The number of amides is 1. The monoisotopic (exact) mass is 327 g/mol. The summed E-state index contributed by atoms with van der Waals surface area (Å²) in [4.78, 5) is 39.6. The van der Waals surface area contributed by atoms with E-state index in [2.05, 4.69) is 0 Å². The molecule has 124 valence electrons. The topological polar surface area (TPSA) is 83.9 Å². The van der Waals surface area contributed by atoms with E-state index in [0.29, 0.717) is 0 Å². The van der Waals surface area contributed by atoms with Gasteiger partial charge in [0.05, 0.1) is 13.0 Å². The SMILES string of the molecule is O=C(O)C(=O)CC(=O)N(Cc1ccccc1)OCc1ccccc1.